The van der Waals surface area contributed by atoms with Gasteiger partial charge in [-0.1, -0.05) is 48.5 Å². The van der Waals surface area contributed by atoms with Crippen LogP contribution in [0.2, 0.25) is 0 Å². The van der Waals surface area contributed by atoms with Crippen molar-refractivity contribution in [3.05, 3.63) is 107 Å². The molecule has 0 heterocycles. The molecule has 0 atom stereocenters. The van der Waals surface area contributed by atoms with Crippen molar-refractivity contribution >= 4 is 27.7 Å². The molecule has 0 bridgehead atoms. The second-order valence-corrected chi connectivity index (χ2v) is 7.78. The lowest BCUT2D eigenvalue weighted by molar-refractivity contribution is 0.0950. The zero-order chi connectivity index (χ0) is 20.7. The topological polar surface area (TPSA) is 75.3 Å². The van der Waals surface area contributed by atoms with E-state index in [1.165, 1.54) is 36.4 Å². The van der Waals surface area contributed by atoms with Gasteiger partial charge in [0.2, 0.25) is 0 Å². The first-order valence-electron chi connectivity index (χ1n) is 8.80. The fraction of sp³-hybridized carbons (Fsp3) is 0.0455. The molecule has 0 saturated heterocycles. The van der Waals surface area contributed by atoms with E-state index in [2.05, 4.69) is 10.0 Å². The van der Waals surface area contributed by atoms with Crippen LogP contribution >= 0.6 is 0 Å². The van der Waals surface area contributed by atoms with Gasteiger partial charge in [0.1, 0.15) is 5.82 Å². The Morgan fingerprint density at radius 2 is 1.55 bits per heavy atom. The number of hydrogen-bond donors (Lipinski definition) is 2. The van der Waals surface area contributed by atoms with Crippen molar-refractivity contribution in [1.82, 2.24) is 5.32 Å². The molecular weight excluding hydrogens is 391 g/mol. The molecule has 29 heavy (non-hydrogen) atoms. The fourth-order valence-corrected chi connectivity index (χ4v) is 3.41. The second kappa shape index (κ2) is 9.16. The third-order valence-electron chi connectivity index (χ3n) is 4.04. The van der Waals surface area contributed by atoms with Crippen LogP contribution in [-0.2, 0) is 16.6 Å². The minimum absolute atomic E-state index is 0.0597. The number of hydrogen-bond acceptors (Lipinski definition) is 3. The Hall–Kier alpha value is -3.45. The Kier molecular flexibility index (Phi) is 6.41. The second-order valence-electron chi connectivity index (χ2n) is 6.21. The summed E-state index contributed by atoms with van der Waals surface area (Å²) < 4.78 is 40.4. The molecule has 0 aliphatic carbocycles. The van der Waals surface area contributed by atoms with Gasteiger partial charge in [-0.3, -0.25) is 9.52 Å². The molecule has 3 aromatic carbocycles. The number of amides is 1. The number of sulfonamides is 1. The molecule has 0 radical (unpaired) electrons. The van der Waals surface area contributed by atoms with Crippen LogP contribution in [0.1, 0.15) is 21.5 Å². The van der Waals surface area contributed by atoms with E-state index in [0.29, 0.717) is 16.8 Å². The van der Waals surface area contributed by atoms with Crippen LogP contribution in [0, 0.1) is 5.82 Å². The van der Waals surface area contributed by atoms with Crippen LogP contribution in [-0.4, -0.2) is 14.3 Å². The van der Waals surface area contributed by atoms with Gasteiger partial charge in [-0.25, -0.2) is 12.8 Å². The number of carbonyl (C=O) groups is 1. The maximum atomic E-state index is 13.6. The Morgan fingerprint density at radius 1 is 0.897 bits per heavy atom. The van der Waals surface area contributed by atoms with Crippen LogP contribution in [0.15, 0.2) is 84.3 Å². The van der Waals surface area contributed by atoms with Gasteiger partial charge in [0.25, 0.3) is 15.9 Å². The third-order valence-corrected chi connectivity index (χ3v) is 5.06. The molecule has 0 aliphatic rings. The largest absolute Gasteiger partial charge is 0.348 e. The van der Waals surface area contributed by atoms with Gasteiger partial charge < -0.3 is 5.32 Å². The smallest absolute Gasteiger partial charge is 0.255 e. The molecular formula is C22H19FN2O3S. The van der Waals surface area contributed by atoms with E-state index in [1.54, 1.807) is 30.3 Å². The van der Waals surface area contributed by atoms with E-state index in [9.17, 15) is 17.6 Å². The van der Waals surface area contributed by atoms with Crippen LogP contribution in [0.4, 0.5) is 10.1 Å². The van der Waals surface area contributed by atoms with Crippen molar-refractivity contribution in [2.24, 2.45) is 0 Å². The number of halogens is 1. The average Bonchev–Trinajstić information content (AvgIpc) is 2.73. The van der Waals surface area contributed by atoms with E-state index in [0.717, 1.165) is 11.0 Å². The van der Waals surface area contributed by atoms with E-state index in [4.69, 9.17) is 0 Å². The van der Waals surface area contributed by atoms with Crippen molar-refractivity contribution in [3.63, 3.8) is 0 Å². The molecule has 0 aliphatic heterocycles. The highest BCUT2D eigenvalue weighted by Gasteiger charge is 2.09. The van der Waals surface area contributed by atoms with Crippen molar-refractivity contribution in [2.45, 2.75) is 6.54 Å². The van der Waals surface area contributed by atoms with Crippen molar-refractivity contribution in [2.75, 3.05) is 4.72 Å². The van der Waals surface area contributed by atoms with Gasteiger partial charge >= 0.3 is 0 Å². The van der Waals surface area contributed by atoms with E-state index >= 15 is 0 Å². The monoisotopic (exact) mass is 410 g/mol. The summed E-state index contributed by atoms with van der Waals surface area (Å²) in [7, 11) is -3.69. The maximum Gasteiger partial charge on any atom is 0.255 e. The predicted octanol–water partition coefficient (Wildman–Crippen LogP) is 4.17. The third kappa shape index (κ3) is 6.02. The van der Waals surface area contributed by atoms with Crippen LogP contribution in [0.3, 0.4) is 0 Å². The molecule has 0 saturated carbocycles. The zero-order valence-electron chi connectivity index (χ0n) is 15.4. The molecule has 3 aromatic rings. The molecule has 0 fully saturated rings. The summed E-state index contributed by atoms with van der Waals surface area (Å²) in [6.45, 7) is 0.0597. The summed E-state index contributed by atoms with van der Waals surface area (Å²) >= 11 is 0. The molecule has 2 N–H and O–H groups in total. The van der Waals surface area contributed by atoms with Gasteiger partial charge in [0.05, 0.1) is 5.41 Å². The Balaban J connectivity index is 1.60. The maximum absolute atomic E-state index is 13.6. The highest BCUT2D eigenvalue weighted by atomic mass is 32.2. The first kappa shape index (κ1) is 20.3. The summed E-state index contributed by atoms with van der Waals surface area (Å²) in [6, 6.07) is 21.2. The fourth-order valence-electron chi connectivity index (χ4n) is 2.54. The van der Waals surface area contributed by atoms with Crippen molar-refractivity contribution in [1.29, 1.82) is 0 Å². The summed E-state index contributed by atoms with van der Waals surface area (Å²) in [5.41, 5.74) is 1.81. The number of carbonyl (C=O) groups excluding carboxylic acids is 1. The minimum Gasteiger partial charge on any atom is -0.348 e. The molecule has 0 unspecified atom stereocenters. The molecule has 5 nitrogen and oxygen atoms in total. The van der Waals surface area contributed by atoms with Crippen LogP contribution in [0.25, 0.3) is 6.08 Å². The van der Waals surface area contributed by atoms with Crippen molar-refractivity contribution in [3.8, 4) is 0 Å². The zero-order valence-corrected chi connectivity index (χ0v) is 16.2. The average molecular weight is 410 g/mol. The van der Waals surface area contributed by atoms with E-state index in [1.807, 2.05) is 18.2 Å². The van der Waals surface area contributed by atoms with E-state index < -0.39 is 10.0 Å². The number of rotatable bonds is 7. The van der Waals surface area contributed by atoms with Gasteiger partial charge in [0.15, 0.2) is 0 Å². The molecule has 3 rings (SSSR count). The normalized spacial score (nSPS) is 11.3. The summed E-state index contributed by atoms with van der Waals surface area (Å²) in [5, 5.41) is 3.71. The summed E-state index contributed by atoms with van der Waals surface area (Å²) in [4.78, 5) is 12.2. The summed E-state index contributed by atoms with van der Waals surface area (Å²) in [5.74, 6) is -0.771. The predicted molar refractivity (Wildman–Crippen MR) is 112 cm³/mol. The molecule has 0 spiro atoms. The number of nitrogens with one attached hydrogen (secondary N) is 2. The number of benzene rings is 3. The number of anilines is 1. The standard InChI is InChI=1S/C22H19FN2O3S/c23-21-9-5-4-8-19(21)16-24-22(26)18-10-12-20(13-11-18)25-29(27,28)15-14-17-6-2-1-3-7-17/h1-15,25H,16H2,(H,24,26)/b15-14+. The van der Waals surface area contributed by atoms with Crippen molar-refractivity contribution < 1.29 is 17.6 Å². The minimum atomic E-state index is -3.69. The lowest BCUT2D eigenvalue weighted by atomic mass is 10.1. The SMILES string of the molecule is O=C(NCc1ccccc1F)c1ccc(NS(=O)(=O)/C=C/c2ccccc2)cc1. The molecule has 7 heteroatoms. The first-order chi connectivity index (χ1) is 13.9. The van der Waals surface area contributed by atoms with Gasteiger partial charge in [-0.2, -0.15) is 0 Å². The molecule has 148 valence electrons. The highest BCUT2D eigenvalue weighted by Crippen LogP contribution is 2.13. The quantitative estimate of drug-likeness (QED) is 0.614. The Morgan fingerprint density at radius 3 is 2.24 bits per heavy atom. The van der Waals surface area contributed by atoms with Gasteiger partial charge in [-0.15, -0.1) is 0 Å². The molecule has 1 amide bonds. The van der Waals surface area contributed by atoms with Crippen LogP contribution in [0.5, 0.6) is 0 Å². The first-order valence-corrected chi connectivity index (χ1v) is 10.4. The lowest BCUT2D eigenvalue weighted by Gasteiger charge is -2.08. The van der Waals surface area contributed by atoms with Crippen LogP contribution < -0.4 is 10.0 Å². The summed E-state index contributed by atoms with van der Waals surface area (Å²) in [6.07, 6.45) is 1.49. The Labute approximate surface area is 169 Å². The van der Waals surface area contributed by atoms with Gasteiger partial charge in [0, 0.05) is 23.4 Å². The lowest BCUT2D eigenvalue weighted by Crippen LogP contribution is -2.23. The Bertz CT molecular complexity index is 1110. The van der Waals surface area contributed by atoms with Gasteiger partial charge in [-0.05, 0) is 42.0 Å². The highest BCUT2D eigenvalue weighted by molar-refractivity contribution is 7.95. The van der Waals surface area contributed by atoms with E-state index in [-0.39, 0.29) is 18.3 Å². The molecule has 0 aromatic heterocycles.